The zero-order valence-electron chi connectivity index (χ0n) is 12.8. The highest BCUT2D eigenvalue weighted by molar-refractivity contribution is 5.83. The molecule has 2 amide bonds. The fourth-order valence-corrected chi connectivity index (χ4v) is 2.46. The predicted octanol–water partition coefficient (Wildman–Crippen LogP) is 1.22. The molecule has 0 unspecified atom stereocenters. The van der Waals surface area contributed by atoms with E-state index in [9.17, 15) is 14.4 Å². The highest BCUT2D eigenvalue weighted by Gasteiger charge is 2.31. The Hall–Kier alpha value is -1.79. The van der Waals surface area contributed by atoms with Crippen LogP contribution in [0.4, 0.5) is 4.79 Å². The van der Waals surface area contributed by atoms with Crippen LogP contribution in [-0.2, 0) is 14.3 Å². The molecule has 2 N–H and O–H groups in total. The van der Waals surface area contributed by atoms with Gasteiger partial charge in [-0.3, -0.25) is 4.79 Å². The van der Waals surface area contributed by atoms with Crippen molar-refractivity contribution in [1.29, 1.82) is 0 Å². The second-order valence-corrected chi connectivity index (χ2v) is 6.14. The third-order valence-electron chi connectivity index (χ3n) is 3.65. The highest BCUT2D eigenvalue weighted by Crippen LogP contribution is 2.28. The van der Waals surface area contributed by atoms with E-state index in [4.69, 9.17) is 5.11 Å². The molecule has 1 heterocycles. The maximum atomic E-state index is 12.2. The summed E-state index contributed by atoms with van der Waals surface area (Å²) in [5.74, 6) is -1.64. The number of urea groups is 1. The Morgan fingerprint density at radius 2 is 2.05 bits per heavy atom. The summed E-state index contributed by atoms with van der Waals surface area (Å²) in [5, 5.41) is 11.6. The van der Waals surface area contributed by atoms with Gasteiger partial charge in [0.05, 0.1) is 7.11 Å². The van der Waals surface area contributed by atoms with Crippen molar-refractivity contribution >= 4 is 18.0 Å². The van der Waals surface area contributed by atoms with Crippen LogP contribution in [0, 0.1) is 5.41 Å². The van der Waals surface area contributed by atoms with Crippen molar-refractivity contribution in [3.8, 4) is 0 Å². The smallest absolute Gasteiger partial charge is 0.326 e. The van der Waals surface area contributed by atoms with Gasteiger partial charge in [0, 0.05) is 19.5 Å². The summed E-state index contributed by atoms with van der Waals surface area (Å²) in [6.45, 7) is 5.39. The summed E-state index contributed by atoms with van der Waals surface area (Å²) in [6.07, 6.45) is 1.92. The van der Waals surface area contributed by atoms with Crippen LogP contribution in [0.25, 0.3) is 0 Å². The van der Waals surface area contributed by atoms with E-state index in [1.54, 1.807) is 4.90 Å². The number of amides is 2. The van der Waals surface area contributed by atoms with E-state index in [1.165, 1.54) is 7.11 Å². The first-order valence-electron chi connectivity index (χ1n) is 7.10. The normalized spacial score (nSPS) is 18.7. The lowest BCUT2D eigenvalue weighted by Crippen LogP contribution is -2.52. The van der Waals surface area contributed by atoms with Crippen molar-refractivity contribution in [2.45, 2.75) is 45.6 Å². The van der Waals surface area contributed by atoms with Crippen LogP contribution in [0.2, 0.25) is 0 Å². The molecule has 21 heavy (non-hydrogen) atoms. The summed E-state index contributed by atoms with van der Waals surface area (Å²) in [4.78, 5) is 36.0. The number of nitrogens with one attached hydrogen (secondary N) is 1. The van der Waals surface area contributed by atoms with Crippen LogP contribution in [0.3, 0.4) is 0 Å². The summed E-state index contributed by atoms with van der Waals surface area (Å²) in [5.41, 5.74) is 0.0420. The Kier molecular flexibility index (Phi) is 5.99. The summed E-state index contributed by atoms with van der Waals surface area (Å²) in [6, 6.07) is -1.47. The largest absolute Gasteiger partial charge is 0.480 e. The third kappa shape index (κ3) is 5.61. The number of rotatable bonds is 5. The monoisotopic (exact) mass is 300 g/mol. The molecule has 1 fully saturated rings. The number of hydrogen-bond donors (Lipinski definition) is 2. The fraction of sp³-hybridized carbons (Fsp3) is 0.786. The second kappa shape index (κ2) is 7.28. The van der Waals surface area contributed by atoms with Crippen LogP contribution in [-0.4, -0.2) is 54.2 Å². The number of carboxylic acids is 1. The molecule has 1 saturated heterocycles. The number of aliphatic carboxylic acids is 1. The summed E-state index contributed by atoms with van der Waals surface area (Å²) >= 11 is 0. The first-order valence-corrected chi connectivity index (χ1v) is 7.10. The van der Waals surface area contributed by atoms with E-state index >= 15 is 0 Å². The van der Waals surface area contributed by atoms with Gasteiger partial charge in [-0.1, -0.05) is 13.8 Å². The van der Waals surface area contributed by atoms with Crippen molar-refractivity contribution in [2.75, 3.05) is 20.2 Å². The molecule has 7 heteroatoms. The molecule has 0 bridgehead atoms. The lowest BCUT2D eigenvalue weighted by atomic mass is 9.84. The first kappa shape index (κ1) is 17.3. The predicted molar refractivity (Wildman–Crippen MR) is 75.8 cm³/mol. The van der Waals surface area contributed by atoms with Crippen LogP contribution in [0.1, 0.15) is 39.5 Å². The van der Waals surface area contributed by atoms with Crippen molar-refractivity contribution in [2.24, 2.45) is 5.41 Å². The standard InChI is InChI=1S/C14H24N2O5/c1-14(2)7-4-8-16(9-14)13(20)15-10(12(18)19)5-6-11(17)21-3/h10H,4-9H2,1-3H3,(H,15,20)(H,18,19)/t10-/m1/s1. The molecule has 0 aromatic carbocycles. The fourth-order valence-electron chi connectivity index (χ4n) is 2.46. The number of carboxylic acid groups (broad SMARTS) is 1. The van der Waals surface area contributed by atoms with Crippen LogP contribution in [0.15, 0.2) is 0 Å². The van der Waals surface area contributed by atoms with Gasteiger partial charge in [0.1, 0.15) is 6.04 Å². The Morgan fingerprint density at radius 3 is 2.57 bits per heavy atom. The quantitative estimate of drug-likeness (QED) is 0.744. The van der Waals surface area contributed by atoms with Gasteiger partial charge in [-0.25, -0.2) is 9.59 Å². The maximum absolute atomic E-state index is 12.2. The van der Waals surface area contributed by atoms with E-state index in [0.717, 1.165) is 12.8 Å². The van der Waals surface area contributed by atoms with E-state index in [0.29, 0.717) is 13.1 Å². The van der Waals surface area contributed by atoms with E-state index < -0.39 is 18.0 Å². The molecular weight excluding hydrogens is 276 g/mol. The summed E-state index contributed by atoms with van der Waals surface area (Å²) < 4.78 is 4.47. The lowest BCUT2D eigenvalue weighted by Gasteiger charge is -2.38. The highest BCUT2D eigenvalue weighted by atomic mass is 16.5. The van der Waals surface area contributed by atoms with Gasteiger partial charge in [0.15, 0.2) is 0 Å². The van der Waals surface area contributed by atoms with Gasteiger partial charge in [-0.2, -0.15) is 0 Å². The van der Waals surface area contributed by atoms with Crippen molar-refractivity contribution in [3.63, 3.8) is 0 Å². The molecule has 0 aromatic heterocycles. The van der Waals surface area contributed by atoms with Crippen molar-refractivity contribution < 1.29 is 24.2 Å². The minimum atomic E-state index is -1.15. The molecule has 0 aliphatic carbocycles. The third-order valence-corrected chi connectivity index (χ3v) is 3.65. The van der Waals surface area contributed by atoms with E-state index in [2.05, 4.69) is 23.9 Å². The molecule has 0 aromatic rings. The number of likely N-dealkylation sites (tertiary alicyclic amines) is 1. The van der Waals surface area contributed by atoms with Crippen LogP contribution >= 0.6 is 0 Å². The minimum absolute atomic E-state index is 0.0188. The molecule has 0 radical (unpaired) electrons. The Labute approximate surface area is 124 Å². The Balaban J connectivity index is 2.56. The Bertz CT molecular complexity index is 408. The molecule has 0 spiro atoms. The van der Waals surface area contributed by atoms with Crippen molar-refractivity contribution in [1.82, 2.24) is 10.2 Å². The first-order chi connectivity index (χ1) is 9.75. The summed E-state index contributed by atoms with van der Waals surface area (Å²) in [7, 11) is 1.24. The second-order valence-electron chi connectivity index (χ2n) is 6.14. The molecule has 120 valence electrons. The zero-order valence-corrected chi connectivity index (χ0v) is 12.8. The van der Waals surface area contributed by atoms with Crippen molar-refractivity contribution in [3.05, 3.63) is 0 Å². The number of carbonyl (C=O) groups excluding carboxylic acids is 2. The van der Waals surface area contributed by atoms with Crippen LogP contribution < -0.4 is 5.32 Å². The number of piperidine rings is 1. The lowest BCUT2D eigenvalue weighted by molar-refractivity contribution is -0.142. The van der Waals surface area contributed by atoms with Gasteiger partial charge in [0.2, 0.25) is 0 Å². The molecule has 1 aliphatic heterocycles. The van der Waals surface area contributed by atoms with Gasteiger partial charge in [-0.15, -0.1) is 0 Å². The van der Waals surface area contributed by atoms with Gasteiger partial charge < -0.3 is 20.1 Å². The van der Waals surface area contributed by atoms with Crippen LogP contribution in [0.5, 0.6) is 0 Å². The molecule has 0 saturated carbocycles. The average molecular weight is 300 g/mol. The number of nitrogens with zero attached hydrogens (tertiary/aromatic N) is 1. The number of ether oxygens (including phenoxy) is 1. The maximum Gasteiger partial charge on any atom is 0.326 e. The van der Waals surface area contributed by atoms with Gasteiger partial charge in [-0.05, 0) is 24.7 Å². The molecule has 7 nitrogen and oxygen atoms in total. The zero-order chi connectivity index (χ0) is 16.0. The molecule has 1 rings (SSSR count). The van der Waals surface area contributed by atoms with E-state index in [1.807, 2.05) is 0 Å². The van der Waals surface area contributed by atoms with E-state index in [-0.39, 0.29) is 24.3 Å². The number of carbonyl (C=O) groups is 3. The van der Waals surface area contributed by atoms with Gasteiger partial charge in [0.25, 0.3) is 0 Å². The molecule has 1 atom stereocenters. The topological polar surface area (TPSA) is 95.9 Å². The number of hydrogen-bond acceptors (Lipinski definition) is 4. The Morgan fingerprint density at radius 1 is 1.38 bits per heavy atom. The van der Waals surface area contributed by atoms with Gasteiger partial charge >= 0.3 is 18.0 Å². The molecule has 1 aliphatic rings. The SMILES string of the molecule is COC(=O)CC[C@@H](NC(=O)N1CCCC(C)(C)C1)C(=O)O. The number of esters is 1. The minimum Gasteiger partial charge on any atom is -0.480 e. The average Bonchev–Trinajstić information content (AvgIpc) is 2.41. The number of methoxy groups -OCH3 is 1. The molecular formula is C14H24N2O5.